The number of phenols is 1. The number of aliphatic hydroxyl groups is 1. The molecule has 5 N–H and O–H groups in total. The highest BCUT2D eigenvalue weighted by Crippen LogP contribution is 2.33. The molecule has 0 saturated carbocycles. The quantitative estimate of drug-likeness (QED) is 0.120. The van der Waals surface area contributed by atoms with Crippen LogP contribution in [0.2, 0.25) is 0 Å². The van der Waals surface area contributed by atoms with Gasteiger partial charge in [-0.1, -0.05) is 57.2 Å². The molecular weight excluding hydrogens is 717 g/mol. The molecule has 13 nitrogen and oxygen atoms in total. The lowest BCUT2D eigenvalue weighted by atomic mass is 9.85. The van der Waals surface area contributed by atoms with Crippen molar-refractivity contribution in [2.24, 2.45) is 5.41 Å². The van der Waals surface area contributed by atoms with E-state index in [0.29, 0.717) is 29.2 Å². The predicted octanol–water partition coefficient (Wildman–Crippen LogP) is 4.75. The summed E-state index contributed by atoms with van der Waals surface area (Å²) in [6.45, 7) is 10.4. The van der Waals surface area contributed by atoms with Gasteiger partial charge < -0.3 is 35.6 Å². The number of amides is 3. The third kappa shape index (κ3) is 8.56. The number of hydrogen-bond acceptors (Lipinski definition) is 10. The summed E-state index contributed by atoms with van der Waals surface area (Å²) < 4.78 is 0. The van der Waals surface area contributed by atoms with Gasteiger partial charge in [0.15, 0.2) is 5.65 Å². The maximum atomic E-state index is 14.0. The Morgan fingerprint density at radius 3 is 2.51 bits per heavy atom. The maximum absolute atomic E-state index is 14.0. The van der Waals surface area contributed by atoms with Gasteiger partial charge >= 0.3 is 0 Å². The van der Waals surface area contributed by atoms with Crippen molar-refractivity contribution < 1.29 is 24.6 Å². The van der Waals surface area contributed by atoms with Crippen molar-refractivity contribution in [1.82, 2.24) is 40.6 Å². The number of aromatic nitrogens is 4. The van der Waals surface area contributed by atoms with E-state index in [1.54, 1.807) is 23.5 Å². The van der Waals surface area contributed by atoms with Crippen LogP contribution < -0.4 is 10.6 Å². The van der Waals surface area contributed by atoms with Gasteiger partial charge in [0.05, 0.1) is 27.9 Å². The van der Waals surface area contributed by atoms with Crippen LogP contribution in [-0.2, 0) is 20.9 Å². The van der Waals surface area contributed by atoms with Crippen LogP contribution in [0.5, 0.6) is 5.75 Å². The number of H-pyrrole nitrogens is 1. The van der Waals surface area contributed by atoms with Gasteiger partial charge in [-0.2, -0.15) is 0 Å². The Hall–Kier alpha value is -5.18. The molecule has 7 rings (SSSR count). The van der Waals surface area contributed by atoms with Crippen molar-refractivity contribution in [2.45, 2.75) is 77.6 Å². The van der Waals surface area contributed by atoms with Crippen LogP contribution in [0.15, 0.2) is 66.2 Å². The number of carbonyl (C=O) groups is 3. The van der Waals surface area contributed by atoms with Crippen LogP contribution in [0.1, 0.15) is 62.9 Å². The number of thiazole rings is 1. The molecule has 0 radical (unpaired) electrons. The average Bonchev–Trinajstić information content (AvgIpc) is 3.87. The average molecular weight is 765 g/mol. The molecule has 2 aliphatic rings. The van der Waals surface area contributed by atoms with Crippen LogP contribution in [-0.4, -0.2) is 102 Å². The van der Waals surface area contributed by atoms with Crippen LogP contribution in [0.25, 0.3) is 32.7 Å². The predicted molar refractivity (Wildman–Crippen MR) is 211 cm³/mol. The molecule has 2 saturated heterocycles. The van der Waals surface area contributed by atoms with E-state index in [0.717, 1.165) is 52.4 Å². The van der Waals surface area contributed by atoms with Crippen molar-refractivity contribution in [3.05, 3.63) is 83.1 Å². The third-order valence-electron chi connectivity index (χ3n) is 10.6. The summed E-state index contributed by atoms with van der Waals surface area (Å²) in [7, 11) is 0. The number of β-amino-alcohol motifs (C(OH)–C–C–N with tert-alkyl or cyclic N) is 1. The second-order valence-electron chi connectivity index (χ2n) is 15.8. The van der Waals surface area contributed by atoms with E-state index in [-0.39, 0.29) is 49.4 Å². The van der Waals surface area contributed by atoms with Crippen LogP contribution in [0, 0.1) is 12.3 Å². The zero-order chi connectivity index (χ0) is 38.9. The van der Waals surface area contributed by atoms with Gasteiger partial charge in [0.25, 0.3) is 0 Å². The second-order valence-corrected chi connectivity index (χ2v) is 16.6. The Labute approximate surface area is 324 Å². The lowest BCUT2D eigenvalue weighted by Gasteiger charge is -2.39. The van der Waals surface area contributed by atoms with E-state index < -0.39 is 23.6 Å². The van der Waals surface area contributed by atoms with Gasteiger partial charge in [0.2, 0.25) is 17.7 Å². The number of nitrogens with one attached hydrogen (secondary N) is 3. The summed E-state index contributed by atoms with van der Waals surface area (Å²) in [4.78, 5) is 53.2. The monoisotopic (exact) mass is 764 g/mol. The highest BCUT2D eigenvalue weighted by molar-refractivity contribution is 7.13. The van der Waals surface area contributed by atoms with Gasteiger partial charge in [-0.15, -0.1) is 21.5 Å². The largest absolute Gasteiger partial charge is 0.507 e. The number of phenolic OH excluding ortho intramolecular Hbond substituents is 1. The number of benzene rings is 2. The Bertz CT molecular complexity index is 2170. The van der Waals surface area contributed by atoms with Crippen molar-refractivity contribution >= 4 is 40.1 Å². The molecular formula is C41H48N8O5S. The highest BCUT2D eigenvalue weighted by Gasteiger charge is 2.44. The summed E-state index contributed by atoms with van der Waals surface area (Å²) in [6, 6.07) is 17.3. The van der Waals surface area contributed by atoms with Gasteiger partial charge in [-0.05, 0) is 60.7 Å². The SMILES string of the molecule is Cc1ncsc1-c1ccc(CNC(=O)[C@@H]2C[C@@H](O)CN2C(=O)[C@@H](NC(=O)CCCN2CC(c3cc4cc(-c5ccccc5O)nnc4[nH]3)C2)C(C)(C)C)cc1. The van der Waals surface area contributed by atoms with Gasteiger partial charge in [-0.25, -0.2) is 4.98 Å². The Balaban J connectivity index is 0.886. The number of carbonyl (C=O) groups excluding carboxylic acids is 3. The number of aromatic hydroxyl groups is 1. The number of likely N-dealkylation sites (tertiary alicyclic amines) is 2. The minimum atomic E-state index is -0.867. The molecule has 0 bridgehead atoms. The van der Waals surface area contributed by atoms with E-state index in [1.165, 1.54) is 4.90 Å². The fraction of sp³-hybridized carbons (Fsp3) is 0.415. The third-order valence-corrected chi connectivity index (χ3v) is 11.5. The summed E-state index contributed by atoms with van der Waals surface area (Å²) >= 11 is 1.58. The van der Waals surface area contributed by atoms with E-state index in [4.69, 9.17) is 0 Å². The summed E-state index contributed by atoms with van der Waals surface area (Å²) in [5.41, 5.74) is 7.17. The number of nitrogens with zero attached hydrogens (tertiary/aromatic N) is 5. The van der Waals surface area contributed by atoms with Gasteiger partial charge in [0.1, 0.15) is 17.8 Å². The molecule has 14 heteroatoms. The van der Waals surface area contributed by atoms with E-state index in [9.17, 15) is 24.6 Å². The Morgan fingerprint density at radius 2 is 1.80 bits per heavy atom. The highest BCUT2D eigenvalue weighted by atomic mass is 32.1. The molecule has 5 heterocycles. The molecule has 2 aliphatic heterocycles. The number of rotatable bonds is 12. The molecule has 3 atom stereocenters. The van der Waals surface area contributed by atoms with Crippen molar-refractivity contribution in [3.8, 4) is 27.4 Å². The van der Waals surface area contributed by atoms with Crippen LogP contribution in [0.4, 0.5) is 0 Å². The maximum Gasteiger partial charge on any atom is 0.246 e. The minimum absolute atomic E-state index is 0.0269. The molecule has 0 spiro atoms. The molecule has 5 aromatic rings. The molecule has 288 valence electrons. The normalized spacial score (nSPS) is 18.3. The Kier molecular flexibility index (Phi) is 11.0. The number of fused-ring (bicyclic) bond motifs is 1. The number of para-hydroxylation sites is 1. The number of aromatic amines is 1. The first-order chi connectivity index (χ1) is 26.3. The topological polar surface area (TPSA) is 177 Å². The molecule has 0 unspecified atom stereocenters. The number of aryl methyl sites for hydroxylation is 1. The van der Waals surface area contributed by atoms with E-state index in [1.807, 2.05) is 75.7 Å². The lowest BCUT2D eigenvalue weighted by molar-refractivity contribution is -0.144. The van der Waals surface area contributed by atoms with Gasteiger partial charge in [-0.3, -0.25) is 14.4 Å². The first-order valence-electron chi connectivity index (χ1n) is 18.8. The second kappa shape index (κ2) is 15.9. The number of aliphatic hydroxyl groups excluding tert-OH is 1. The van der Waals surface area contributed by atoms with Gasteiger partial charge in [0, 0.05) is 61.6 Å². The van der Waals surface area contributed by atoms with E-state index >= 15 is 0 Å². The zero-order valence-electron chi connectivity index (χ0n) is 31.6. The Morgan fingerprint density at radius 1 is 1.04 bits per heavy atom. The van der Waals surface area contributed by atoms with E-state index in [2.05, 4.69) is 41.8 Å². The lowest BCUT2D eigenvalue weighted by Crippen LogP contribution is -2.57. The van der Waals surface area contributed by atoms with Crippen molar-refractivity contribution in [3.63, 3.8) is 0 Å². The molecule has 3 aromatic heterocycles. The molecule has 0 aliphatic carbocycles. The van der Waals surface area contributed by atoms with Crippen molar-refractivity contribution in [1.29, 1.82) is 0 Å². The first kappa shape index (κ1) is 38.1. The standard InChI is InChI=1S/C41H48N8O5S/c1-24-36(55-23-43-24)26-13-11-25(12-14-26)19-42-39(53)33-18-29(50)22-49(33)40(54)37(41(2,3)4)45-35(52)10-7-15-48-20-28(21-48)31-16-27-17-32(46-47-38(27)44-31)30-8-5-6-9-34(30)51/h5-6,8-9,11-14,16-17,23,28-29,33,37,50-51H,7,10,15,18-22H2,1-4H3,(H,42,53)(H,44,47)(H,45,52)/t29-,33+,37-/m1/s1. The molecule has 2 aromatic carbocycles. The van der Waals surface area contributed by atoms with Crippen LogP contribution >= 0.6 is 11.3 Å². The summed E-state index contributed by atoms with van der Waals surface area (Å²) in [5.74, 6) is -0.468. The summed E-state index contributed by atoms with van der Waals surface area (Å²) in [6.07, 6.45) is 0.182. The summed E-state index contributed by atoms with van der Waals surface area (Å²) in [5, 5.41) is 36.3. The fourth-order valence-corrected chi connectivity index (χ4v) is 8.23. The number of hydrogen-bond donors (Lipinski definition) is 5. The zero-order valence-corrected chi connectivity index (χ0v) is 32.4. The molecule has 55 heavy (non-hydrogen) atoms. The molecule has 3 amide bonds. The van der Waals surface area contributed by atoms with Crippen molar-refractivity contribution in [2.75, 3.05) is 26.2 Å². The first-order valence-corrected chi connectivity index (χ1v) is 19.6. The van der Waals surface area contributed by atoms with Crippen LogP contribution in [0.3, 0.4) is 0 Å². The molecule has 2 fully saturated rings. The minimum Gasteiger partial charge on any atom is -0.507 e. The fourth-order valence-electron chi connectivity index (χ4n) is 7.42. The smallest absolute Gasteiger partial charge is 0.246 e.